The summed E-state index contributed by atoms with van der Waals surface area (Å²) >= 11 is 0. The molecule has 1 nitrogen and oxygen atoms in total. The highest BCUT2D eigenvalue weighted by Crippen LogP contribution is 2.32. The van der Waals surface area contributed by atoms with E-state index in [1.54, 1.807) is 0 Å². The van der Waals surface area contributed by atoms with Crippen LogP contribution in [-0.4, -0.2) is 11.2 Å². The average molecular weight is 170 g/mol. The van der Waals surface area contributed by atoms with Gasteiger partial charge in [-0.3, -0.25) is 0 Å². The Labute approximate surface area is 76.2 Å². The van der Waals surface area contributed by atoms with Crippen LogP contribution in [0.3, 0.4) is 0 Å². The molecule has 0 spiro atoms. The van der Waals surface area contributed by atoms with Crippen LogP contribution in [-0.2, 0) is 0 Å². The molecule has 1 N–H and O–H groups in total. The van der Waals surface area contributed by atoms with Crippen molar-refractivity contribution in [2.24, 2.45) is 17.8 Å². The van der Waals surface area contributed by atoms with Gasteiger partial charge >= 0.3 is 0 Å². The van der Waals surface area contributed by atoms with Crippen molar-refractivity contribution in [3.05, 3.63) is 0 Å². The van der Waals surface area contributed by atoms with Gasteiger partial charge in [0.1, 0.15) is 0 Å². The van der Waals surface area contributed by atoms with Crippen molar-refractivity contribution in [1.29, 1.82) is 0 Å². The van der Waals surface area contributed by atoms with E-state index in [0.717, 1.165) is 18.3 Å². The molecule has 72 valence electrons. The normalized spacial score (nSPS) is 37.2. The fourth-order valence-electron chi connectivity index (χ4n) is 2.37. The van der Waals surface area contributed by atoms with Gasteiger partial charge in [0.25, 0.3) is 0 Å². The summed E-state index contributed by atoms with van der Waals surface area (Å²) in [4.78, 5) is 0. The topological polar surface area (TPSA) is 20.2 Å². The Morgan fingerprint density at radius 3 is 2.50 bits per heavy atom. The van der Waals surface area contributed by atoms with Gasteiger partial charge in [-0.1, -0.05) is 20.8 Å². The van der Waals surface area contributed by atoms with Gasteiger partial charge in [-0.25, -0.2) is 0 Å². The molecular formula is C11H22O. The zero-order chi connectivity index (χ0) is 9.14. The van der Waals surface area contributed by atoms with Crippen LogP contribution in [0.25, 0.3) is 0 Å². The monoisotopic (exact) mass is 170 g/mol. The summed E-state index contributed by atoms with van der Waals surface area (Å²) in [5.41, 5.74) is 0. The first kappa shape index (κ1) is 10.0. The predicted octanol–water partition coefficient (Wildman–Crippen LogP) is 2.83. The van der Waals surface area contributed by atoms with E-state index < -0.39 is 0 Å². The van der Waals surface area contributed by atoms with Gasteiger partial charge < -0.3 is 5.11 Å². The first-order valence-electron chi connectivity index (χ1n) is 5.27. The lowest BCUT2D eigenvalue weighted by atomic mass is 9.77. The predicted molar refractivity (Wildman–Crippen MR) is 52.0 cm³/mol. The molecule has 1 aliphatic carbocycles. The lowest BCUT2D eigenvalue weighted by molar-refractivity contribution is 0.0526. The molecule has 0 amide bonds. The summed E-state index contributed by atoms with van der Waals surface area (Å²) in [6.45, 7) is 6.75. The summed E-state index contributed by atoms with van der Waals surface area (Å²) in [5, 5.41) is 9.53. The molecule has 1 rings (SSSR count). The van der Waals surface area contributed by atoms with E-state index in [-0.39, 0.29) is 6.10 Å². The highest BCUT2D eigenvalue weighted by Gasteiger charge is 2.25. The second kappa shape index (κ2) is 4.27. The van der Waals surface area contributed by atoms with E-state index in [1.807, 2.05) is 0 Å². The molecule has 0 saturated heterocycles. The maximum Gasteiger partial charge on any atom is 0.0566 e. The molecule has 0 aromatic rings. The van der Waals surface area contributed by atoms with Crippen molar-refractivity contribution in [2.45, 2.75) is 52.6 Å². The minimum Gasteiger partial charge on any atom is -0.393 e. The van der Waals surface area contributed by atoms with Crippen LogP contribution in [0.1, 0.15) is 46.5 Å². The molecule has 0 radical (unpaired) electrons. The van der Waals surface area contributed by atoms with Gasteiger partial charge in [0.15, 0.2) is 0 Å². The Kier molecular flexibility index (Phi) is 3.57. The fraction of sp³-hybridized carbons (Fsp3) is 1.00. The van der Waals surface area contributed by atoms with Crippen molar-refractivity contribution in [1.82, 2.24) is 0 Å². The molecule has 3 atom stereocenters. The van der Waals surface area contributed by atoms with Gasteiger partial charge in [-0.15, -0.1) is 0 Å². The molecule has 0 aromatic heterocycles. The molecule has 1 saturated carbocycles. The standard InChI is InChI=1S/C11H22O/c1-8(2)6-10-4-5-11(12)9(3)7-10/h8-12H,4-7H2,1-3H3. The molecule has 1 fully saturated rings. The average Bonchev–Trinajstić information content (AvgIpc) is 1.96. The Morgan fingerprint density at radius 2 is 2.00 bits per heavy atom. The molecule has 12 heavy (non-hydrogen) atoms. The second-order valence-electron chi connectivity index (χ2n) is 4.85. The van der Waals surface area contributed by atoms with Crippen LogP contribution in [0.4, 0.5) is 0 Å². The first-order chi connectivity index (χ1) is 5.59. The number of hydrogen-bond donors (Lipinski definition) is 1. The zero-order valence-corrected chi connectivity index (χ0v) is 8.59. The van der Waals surface area contributed by atoms with Crippen molar-refractivity contribution >= 4 is 0 Å². The summed E-state index contributed by atoms with van der Waals surface area (Å²) in [5.74, 6) is 2.23. The van der Waals surface area contributed by atoms with E-state index >= 15 is 0 Å². The summed E-state index contributed by atoms with van der Waals surface area (Å²) < 4.78 is 0. The quantitative estimate of drug-likeness (QED) is 0.675. The number of rotatable bonds is 2. The van der Waals surface area contributed by atoms with E-state index in [4.69, 9.17) is 0 Å². The van der Waals surface area contributed by atoms with Gasteiger partial charge in [0.2, 0.25) is 0 Å². The molecule has 1 heteroatoms. The third-order valence-electron chi connectivity index (χ3n) is 3.04. The van der Waals surface area contributed by atoms with Crippen LogP contribution < -0.4 is 0 Å². The van der Waals surface area contributed by atoms with Crippen molar-refractivity contribution in [3.63, 3.8) is 0 Å². The third-order valence-corrected chi connectivity index (χ3v) is 3.04. The van der Waals surface area contributed by atoms with Crippen LogP contribution in [0.2, 0.25) is 0 Å². The minimum atomic E-state index is -0.0200. The van der Waals surface area contributed by atoms with Gasteiger partial charge in [0.05, 0.1) is 6.10 Å². The zero-order valence-electron chi connectivity index (χ0n) is 8.59. The highest BCUT2D eigenvalue weighted by molar-refractivity contribution is 4.77. The largest absolute Gasteiger partial charge is 0.393 e. The van der Waals surface area contributed by atoms with Crippen molar-refractivity contribution in [3.8, 4) is 0 Å². The molecule has 0 bridgehead atoms. The fourth-order valence-corrected chi connectivity index (χ4v) is 2.37. The Hall–Kier alpha value is -0.0400. The molecule has 1 aliphatic rings. The third kappa shape index (κ3) is 2.78. The van der Waals surface area contributed by atoms with Crippen LogP contribution in [0.5, 0.6) is 0 Å². The molecule has 0 heterocycles. The molecule has 0 aliphatic heterocycles. The van der Waals surface area contributed by atoms with Crippen molar-refractivity contribution in [2.75, 3.05) is 0 Å². The number of hydrogen-bond acceptors (Lipinski definition) is 1. The van der Waals surface area contributed by atoms with Gasteiger partial charge in [0, 0.05) is 0 Å². The minimum absolute atomic E-state index is 0.0200. The molecular weight excluding hydrogens is 148 g/mol. The van der Waals surface area contributed by atoms with Gasteiger partial charge in [-0.2, -0.15) is 0 Å². The van der Waals surface area contributed by atoms with E-state index in [1.165, 1.54) is 19.3 Å². The van der Waals surface area contributed by atoms with E-state index in [2.05, 4.69) is 20.8 Å². The van der Waals surface area contributed by atoms with Crippen molar-refractivity contribution < 1.29 is 5.11 Å². The van der Waals surface area contributed by atoms with Crippen LogP contribution >= 0.6 is 0 Å². The van der Waals surface area contributed by atoms with Crippen LogP contribution in [0, 0.1) is 17.8 Å². The highest BCUT2D eigenvalue weighted by atomic mass is 16.3. The Balaban J connectivity index is 2.30. The molecule has 0 aromatic carbocycles. The number of aliphatic hydroxyl groups excluding tert-OH is 1. The maximum atomic E-state index is 9.53. The lowest BCUT2D eigenvalue weighted by Crippen LogP contribution is -2.27. The lowest BCUT2D eigenvalue weighted by Gasteiger charge is -2.31. The first-order valence-corrected chi connectivity index (χ1v) is 5.27. The van der Waals surface area contributed by atoms with E-state index in [0.29, 0.717) is 5.92 Å². The maximum absolute atomic E-state index is 9.53. The van der Waals surface area contributed by atoms with Crippen LogP contribution in [0.15, 0.2) is 0 Å². The smallest absolute Gasteiger partial charge is 0.0566 e. The Morgan fingerprint density at radius 1 is 1.33 bits per heavy atom. The summed E-state index contributed by atoms with van der Waals surface area (Å²) in [7, 11) is 0. The molecule has 3 unspecified atom stereocenters. The second-order valence-corrected chi connectivity index (χ2v) is 4.85. The summed E-state index contributed by atoms with van der Waals surface area (Å²) in [6, 6.07) is 0. The summed E-state index contributed by atoms with van der Waals surface area (Å²) in [6.07, 6.45) is 4.83. The van der Waals surface area contributed by atoms with E-state index in [9.17, 15) is 5.11 Å². The van der Waals surface area contributed by atoms with Gasteiger partial charge in [-0.05, 0) is 43.4 Å². The SMILES string of the molecule is CC(C)CC1CCC(O)C(C)C1. The Bertz CT molecular complexity index is 131. The number of aliphatic hydroxyl groups is 1.